The number of methoxy groups -OCH3 is 1. The van der Waals surface area contributed by atoms with Crippen molar-refractivity contribution in [3.8, 4) is 0 Å². The first-order valence-electron chi connectivity index (χ1n) is 15.5. The Morgan fingerprint density at radius 2 is 1.88 bits per heavy atom. The highest BCUT2D eigenvalue weighted by molar-refractivity contribution is 7.99. The maximum Gasteiger partial charge on any atom is 0.345 e. The van der Waals surface area contributed by atoms with Gasteiger partial charge in [-0.3, -0.25) is 9.59 Å². The van der Waals surface area contributed by atoms with Gasteiger partial charge in [0.15, 0.2) is 0 Å². The molecule has 5 saturated carbocycles. The van der Waals surface area contributed by atoms with Gasteiger partial charge in [0, 0.05) is 28.9 Å². The molecule has 1 aromatic heterocycles. The molecule has 0 aromatic carbocycles. The number of carbonyl (C=O) groups is 2. The number of alkyl halides is 2. The number of rotatable bonds is 9. The van der Waals surface area contributed by atoms with Gasteiger partial charge in [0.2, 0.25) is 0 Å². The lowest BCUT2D eigenvalue weighted by molar-refractivity contribution is -0.260. The van der Waals surface area contributed by atoms with Crippen LogP contribution >= 0.6 is 11.8 Å². The zero-order valence-corrected chi connectivity index (χ0v) is 24.8. The van der Waals surface area contributed by atoms with Crippen molar-refractivity contribution in [3.05, 3.63) is 23.4 Å². The second kappa shape index (κ2) is 12.1. The Labute approximate surface area is 245 Å². The zero-order valence-electron chi connectivity index (χ0n) is 24.0. The number of nitrogens with one attached hydrogen (secondary N) is 2. The topological polar surface area (TPSA) is 89.6 Å². The fourth-order valence-corrected chi connectivity index (χ4v) is 10.2. The second-order valence-electron chi connectivity index (χ2n) is 13.3. The molecule has 7 rings (SSSR count). The Hall–Kier alpha value is -1.78. The van der Waals surface area contributed by atoms with Crippen LogP contribution in [0.4, 0.5) is 8.78 Å². The van der Waals surface area contributed by atoms with Crippen LogP contribution in [-0.4, -0.2) is 60.6 Å². The van der Waals surface area contributed by atoms with Crippen LogP contribution in [-0.2, 0) is 19.7 Å². The van der Waals surface area contributed by atoms with Crippen LogP contribution in [0.1, 0.15) is 99.5 Å². The van der Waals surface area contributed by atoms with Gasteiger partial charge >= 0.3 is 12.6 Å². The van der Waals surface area contributed by atoms with Gasteiger partial charge in [-0.25, -0.2) is 4.98 Å². The van der Waals surface area contributed by atoms with Crippen LogP contribution in [0.2, 0.25) is 0 Å². The summed E-state index contributed by atoms with van der Waals surface area (Å²) in [5.41, 5.74) is 0.209. The van der Waals surface area contributed by atoms with E-state index in [1.54, 1.807) is 11.8 Å². The molecule has 41 heavy (non-hydrogen) atoms. The van der Waals surface area contributed by atoms with Crippen molar-refractivity contribution in [3.63, 3.8) is 0 Å². The number of aromatic nitrogens is 1. The number of piperidine rings is 1. The van der Waals surface area contributed by atoms with Crippen LogP contribution in [0, 0.1) is 17.8 Å². The Bertz CT molecular complexity index is 1100. The van der Waals surface area contributed by atoms with Gasteiger partial charge in [0.1, 0.15) is 5.03 Å². The van der Waals surface area contributed by atoms with E-state index < -0.39 is 17.6 Å². The highest BCUT2D eigenvalue weighted by Gasteiger charge is 2.57. The van der Waals surface area contributed by atoms with E-state index in [1.165, 1.54) is 26.4 Å². The SMILES string of the molecule is COC(=O)C[C@@]1(c2ccc(C(=O)N[C@H]3C4CC5CC3C[C@@](OC(F)F)(C5)C4)c(SC3CCCCC3)n2)CCCNC1. The van der Waals surface area contributed by atoms with E-state index in [2.05, 4.69) is 10.6 Å². The number of carbonyl (C=O) groups excluding carboxylic acids is 2. The number of ether oxygens (including phenoxy) is 2. The summed E-state index contributed by atoms with van der Waals surface area (Å²) in [6.45, 7) is -1.21. The van der Waals surface area contributed by atoms with E-state index in [9.17, 15) is 18.4 Å². The third kappa shape index (κ3) is 6.16. The van der Waals surface area contributed by atoms with Crippen molar-refractivity contribution in [2.45, 2.75) is 117 Å². The van der Waals surface area contributed by atoms with Crippen molar-refractivity contribution in [2.75, 3.05) is 20.2 Å². The van der Waals surface area contributed by atoms with Crippen molar-refractivity contribution >= 4 is 23.6 Å². The first-order chi connectivity index (χ1) is 19.8. The van der Waals surface area contributed by atoms with Gasteiger partial charge in [-0.15, -0.1) is 11.8 Å². The molecule has 226 valence electrons. The molecule has 1 saturated heterocycles. The molecule has 4 bridgehead atoms. The molecule has 0 spiro atoms. The number of halogens is 2. The Kier molecular flexibility index (Phi) is 8.63. The number of pyridine rings is 1. The summed E-state index contributed by atoms with van der Waals surface area (Å²) in [6, 6.07) is 3.79. The predicted molar refractivity (Wildman–Crippen MR) is 152 cm³/mol. The molecule has 10 heteroatoms. The van der Waals surface area contributed by atoms with E-state index in [1.807, 2.05) is 12.1 Å². The molecule has 6 aliphatic rings. The minimum atomic E-state index is -2.76. The normalized spacial score (nSPS) is 35.0. The van der Waals surface area contributed by atoms with Gasteiger partial charge in [0.05, 0.1) is 24.7 Å². The zero-order chi connectivity index (χ0) is 28.6. The summed E-state index contributed by atoms with van der Waals surface area (Å²) in [5.74, 6) is 0.319. The average Bonchev–Trinajstić information content (AvgIpc) is 2.95. The average molecular weight is 592 g/mol. The van der Waals surface area contributed by atoms with Crippen molar-refractivity contribution < 1.29 is 27.8 Å². The van der Waals surface area contributed by atoms with Gasteiger partial charge in [-0.2, -0.15) is 8.78 Å². The minimum Gasteiger partial charge on any atom is -0.469 e. The number of hydrogen-bond acceptors (Lipinski definition) is 7. The number of nitrogens with zero attached hydrogens (tertiary/aromatic N) is 1. The van der Waals surface area contributed by atoms with Crippen molar-refractivity contribution in [1.29, 1.82) is 0 Å². The highest BCUT2D eigenvalue weighted by atomic mass is 32.2. The standard InChI is InChI=1S/C31H43F2N3O4S/c1-39-25(37)17-30(10-5-11-34-18-30)24-9-8-23(28(35-24)41-22-6-3-2-4-7-22)27(38)36-26-20-12-19-13-21(26)16-31(14-19,15-20)40-29(32)33/h8-9,19-22,26,29,34H,2-7,10-18H2,1H3,(H,36,38)/t19?,20?,21?,26-,30-,31+/m0/s1. The summed E-state index contributed by atoms with van der Waals surface area (Å²) in [5, 5.41) is 7.95. The van der Waals surface area contributed by atoms with E-state index in [4.69, 9.17) is 14.5 Å². The number of esters is 1. The van der Waals surface area contributed by atoms with Gasteiger partial charge < -0.3 is 20.1 Å². The third-order valence-electron chi connectivity index (χ3n) is 10.5. The van der Waals surface area contributed by atoms with E-state index in [-0.39, 0.29) is 36.2 Å². The lowest BCUT2D eigenvalue weighted by Crippen LogP contribution is -2.62. The molecule has 7 nitrogen and oxygen atoms in total. The maximum atomic E-state index is 13.9. The molecular formula is C31H43F2N3O4S. The number of amides is 1. The maximum absolute atomic E-state index is 13.9. The van der Waals surface area contributed by atoms with Crippen LogP contribution in [0.25, 0.3) is 0 Å². The second-order valence-corrected chi connectivity index (χ2v) is 14.6. The molecule has 0 radical (unpaired) electrons. The van der Waals surface area contributed by atoms with Gasteiger partial charge in [-0.05, 0) is 94.2 Å². The number of thioether (sulfide) groups is 1. The van der Waals surface area contributed by atoms with E-state index in [0.717, 1.165) is 55.8 Å². The molecule has 5 aliphatic carbocycles. The lowest BCUT2D eigenvalue weighted by atomic mass is 9.52. The van der Waals surface area contributed by atoms with Gasteiger partial charge in [-0.1, -0.05) is 19.3 Å². The molecule has 1 aromatic rings. The fourth-order valence-electron chi connectivity index (χ4n) is 8.86. The Balaban J connectivity index is 1.26. The molecule has 2 N–H and O–H groups in total. The molecule has 6 fully saturated rings. The molecular weight excluding hydrogens is 548 g/mol. The predicted octanol–water partition coefficient (Wildman–Crippen LogP) is 5.61. The monoisotopic (exact) mass is 591 g/mol. The quantitative estimate of drug-likeness (QED) is 0.361. The summed E-state index contributed by atoms with van der Waals surface area (Å²) in [7, 11) is 1.42. The van der Waals surface area contributed by atoms with Crippen LogP contribution in [0.3, 0.4) is 0 Å². The van der Waals surface area contributed by atoms with Crippen molar-refractivity contribution in [2.24, 2.45) is 17.8 Å². The molecule has 2 unspecified atom stereocenters. The summed E-state index contributed by atoms with van der Waals surface area (Å²) in [4.78, 5) is 31.6. The van der Waals surface area contributed by atoms with Crippen LogP contribution in [0.15, 0.2) is 17.2 Å². The Morgan fingerprint density at radius 3 is 2.54 bits per heavy atom. The largest absolute Gasteiger partial charge is 0.469 e. The first kappa shape index (κ1) is 29.3. The molecule has 2 heterocycles. The summed E-state index contributed by atoms with van der Waals surface area (Å²) in [6.07, 6.45) is 11.6. The number of hydrogen-bond donors (Lipinski definition) is 2. The summed E-state index contributed by atoms with van der Waals surface area (Å²) < 4.78 is 36.8. The Morgan fingerprint density at radius 1 is 1.12 bits per heavy atom. The first-order valence-corrected chi connectivity index (χ1v) is 16.4. The molecule has 1 aliphatic heterocycles. The van der Waals surface area contributed by atoms with Crippen LogP contribution in [0.5, 0.6) is 0 Å². The highest BCUT2D eigenvalue weighted by Crippen LogP contribution is 2.57. The fraction of sp³-hybridized carbons (Fsp3) is 0.774. The van der Waals surface area contributed by atoms with E-state index in [0.29, 0.717) is 42.5 Å². The smallest absolute Gasteiger partial charge is 0.345 e. The van der Waals surface area contributed by atoms with Gasteiger partial charge in [0.25, 0.3) is 5.91 Å². The molecule has 1 amide bonds. The third-order valence-corrected chi connectivity index (χ3v) is 11.9. The summed E-state index contributed by atoms with van der Waals surface area (Å²) >= 11 is 1.71. The van der Waals surface area contributed by atoms with Crippen molar-refractivity contribution in [1.82, 2.24) is 15.6 Å². The minimum absolute atomic E-state index is 0.0335. The lowest BCUT2D eigenvalue weighted by Gasteiger charge is -2.59. The molecule has 3 atom stereocenters. The van der Waals surface area contributed by atoms with E-state index >= 15 is 0 Å². The van der Waals surface area contributed by atoms with Crippen LogP contribution < -0.4 is 10.6 Å².